The summed E-state index contributed by atoms with van der Waals surface area (Å²) >= 11 is 0. The molecule has 0 aromatic carbocycles. The fraction of sp³-hybridized carbons (Fsp3) is 0.444. The van der Waals surface area contributed by atoms with E-state index in [9.17, 15) is 9.59 Å². The summed E-state index contributed by atoms with van der Waals surface area (Å²) in [5, 5.41) is 2.51. The normalized spacial score (nSPS) is 11.9. The number of nitrogens with zero attached hydrogens (tertiary/aromatic N) is 2. The van der Waals surface area contributed by atoms with E-state index in [0.29, 0.717) is 6.54 Å². The number of hydrogen-bond donors (Lipinski definition) is 1. The SMILES string of the molecule is COC(=O)C(=O)NC(C)Cn1ccnc1. The second-order valence-corrected chi connectivity index (χ2v) is 3.13. The quantitative estimate of drug-likeness (QED) is 0.543. The van der Waals surface area contributed by atoms with Gasteiger partial charge in [-0.25, -0.2) is 9.78 Å². The highest BCUT2D eigenvalue weighted by atomic mass is 16.5. The Morgan fingerprint density at radius 2 is 2.33 bits per heavy atom. The smallest absolute Gasteiger partial charge is 0.396 e. The van der Waals surface area contributed by atoms with Crippen molar-refractivity contribution in [2.45, 2.75) is 19.5 Å². The summed E-state index contributed by atoms with van der Waals surface area (Å²) in [6.45, 7) is 2.35. The zero-order chi connectivity index (χ0) is 11.3. The molecule has 0 saturated carbocycles. The third kappa shape index (κ3) is 3.41. The number of amides is 1. The molecule has 0 radical (unpaired) electrons. The lowest BCUT2D eigenvalue weighted by Gasteiger charge is -2.12. The maximum absolute atomic E-state index is 11.1. The van der Waals surface area contributed by atoms with Crippen LogP contribution in [-0.2, 0) is 20.9 Å². The zero-order valence-corrected chi connectivity index (χ0v) is 8.64. The van der Waals surface area contributed by atoms with E-state index in [0.717, 1.165) is 0 Å². The Labute approximate surface area is 87.2 Å². The van der Waals surface area contributed by atoms with Crippen LogP contribution in [0.2, 0.25) is 0 Å². The largest absolute Gasteiger partial charge is 0.462 e. The molecule has 82 valence electrons. The predicted octanol–water partition coefficient (Wildman–Crippen LogP) is -0.439. The fourth-order valence-electron chi connectivity index (χ4n) is 1.13. The lowest BCUT2D eigenvalue weighted by atomic mass is 10.3. The molecule has 1 rings (SSSR count). The van der Waals surface area contributed by atoms with E-state index in [1.807, 2.05) is 4.57 Å². The van der Waals surface area contributed by atoms with Gasteiger partial charge in [-0.05, 0) is 6.92 Å². The summed E-state index contributed by atoms with van der Waals surface area (Å²) in [6.07, 6.45) is 5.07. The molecule has 1 heterocycles. The second kappa shape index (κ2) is 5.14. The van der Waals surface area contributed by atoms with Gasteiger partial charge in [0, 0.05) is 25.0 Å². The molecule has 15 heavy (non-hydrogen) atoms. The van der Waals surface area contributed by atoms with Gasteiger partial charge in [-0.15, -0.1) is 0 Å². The van der Waals surface area contributed by atoms with Gasteiger partial charge < -0.3 is 14.6 Å². The number of ether oxygens (including phenoxy) is 1. The molecular weight excluding hydrogens is 198 g/mol. The lowest BCUT2D eigenvalue weighted by Crippen LogP contribution is -2.40. The highest BCUT2D eigenvalue weighted by Gasteiger charge is 2.16. The first-order valence-electron chi connectivity index (χ1n) is 4.48. The summed E-state index contributed by atoms with van der Waals surface area (Å²) in [5.74, 6) is -1.61. The number of rotatable bonds is 3. The number of carbonyl (C=O) groups excluding carboxylic acids is 2. The van der Waals surface area contributed by atoms with Crippen LogP contribution in [0.1, 0.15) is 6.92 Å². The van der Waals surface area contributed by atoms with Crippen molar-refractivity contribution in [3.63, 3.8) is 0 Å². The van der Waals surface area contributed by atoms with Gasteiger partial charge in [0.1, 0.15) is 0 Å². The number of methoxy groups -OCH3 is 1. The molecular formula is C9H13N3O3. The molecule has 0 aliphatic rings. The van der Waals surface area contributed by atoms with E-state index in [2.05, 4.69) is 15.0 Å². The Kier molecular flexibility index (Phi) is 3.84. The molecule has 6 heteroatoms. The molecule has 0 aliphatic carbocycles. The Morgan fingerprint density at radius 1 is 1.60 bits per heavy atom. The molecule has 1 atom stereocenters. The molecule has 0 aliphatic heterocycles. The van der Waals surface area contributed by atoms with Crippen LogP contribution in [0.3, 0.4) is 0 Å². The van der Waals surface area contributed by atoms with Crippen LogP contribution in [-0.4, -0.2) is 34.6 Å². The van der Waals surface area contributed by atoms with Crippen molar-refractivity contribution in [3.05, 3.63) is 18.7 Å². The average Bonchev–Trinajstić information content (AvgIpc) is 2.68. The lowest BCUT2D eigenvalue weighted by molar-refractivity contribution is -0.153. The van der Waals surface area contributed by atoms with E-state index in [-0.39, 0.29) is 6.04 Å². The molecule has 1 N–H and O–H groups in total. The average molecular weight is 211 g/mol. The third-order valence-electron chi connectivity index (χ3n) is 1.79. The van der Waals surface area contributed by atoms with Crippen LogP contribution < -0.4 is 5.32 Å². The van der Waals surface area contributed by atoms with Gasteiger partial charge in [-0.2, -0.15) is 0 Å². The molecule has 0 spiro atoms. The number of aromatic nitrogens is 2. The van der Waals surface area contributed by atoms with Crippen molar-refractivity contribution in [2.24, 2.45) is 0 Å². The highest BCUT2D eigenvalue weighted by molar-refractivity contribution is 6.32. The second-order valence-electron chi connectivity index (χ2n) is 3.13. The summed E-state index contributed by atoms with van der Waals surface area (Å²) in [5.41, 5.74) is 0. The molecule has 0 fully saturated rings. The maximum atomic E-state index is 11.1. The van der Waals surface area contributed by atoms with Gasteiger partial charge in [0.15, 0.2) is 0 Å². The van der Waals surface area contributed by atoms with Gasteiger partial charge >= 0.3 is 11.9 Å². The molecule has 0 bridgehead atoms. The highest BCUT2D eigenvalue weighted by Crippen LogP contribution is 1.91. The first kappa shape index (κ1) is 11.2. The van der Waals surface area contributed by atoms with Gasteiger partial charge in [0.05, 0.1) is 13.4 Å². The van der Waals surface area contributed by atoms with Crippen molar-refractivity contribution in [2.75, 3.05) is 7.11 Å². The van der Waals surface area contributed by atoms with E-state index in [4.69, 9.17) is 0 Å². The zero-order valence-electron chi connectivity index (χ0n) is 8.64. The number of nitrogens with one attached hydrogen (secondary N) is 1. The van der Waals surface area contributed by atoms with Gasteiger partial charge in [0.2, 0.25) is 0 Å². The number of esters is 1. The standard InChI is InChI=1S/C9H13N3O3/c1-7(5-12-4-3-10-6-12)11-8(13)9(14)15-2/h3-4,6-7H,5H2,1-2H3,(H,11,13). The summed E-state index contributed by atoms with van der Waals surface area (Å²) in [7, 11) is 1.17. The van der Waals surface area contributed by atoms with Gasteiger partial charge in [-0.1, -0.05) is 0 Å². The van der Waals surface area contributed by atoms with E-state index < -0.39 is 11.9 Å². The number of hydrogen-bond acceptors (Lipinski definition) is 4. The molecule has 1 amide bonds. The summed E-state index contributed by atoms with van der Waals surface area (Å²) < 4.78 is 6.09. The van der Waals surface area contributed by atoms with E-state index >= 15 is 0 Å². The molecule has 0 saturated heterocycles. The third-order valence-corrected chi connectivity index (χ3v) is 1.79. The Morgan fingerprint density at radius 3 is 2.87 bits per heavy atom. The van der Waals surface area contributed by atoms with Crippen LogP contribution >= 0.6 is 0 Å². The van der Waals surface area contributed by atoms with E-state index in [1.54, 1.807) is 25.6 Å². The maximum Gasteiger partial charge on any atom is 0.396 e. The Hall–Kier alpha value is -1.85. The monoisotopic (exact) mass is 211 g/mol. The molecule has 6 nitrogen and oxygen atoms in total. The van der Waals surface area contributed by atoms with Crippen molar-refractivity contribution in [1.29, 1.82) is 0 Å². The summed E-state index contributed by atoms with van der Waals surface area (Å²) in [6, 6.07) is -0.161. The van der Waals surface area contributed by atoms with Crippen molar-refractivity contribution < 1.29 is 14.3 Å². The van der Waals surface area contributed by atoms with Gasteiger partial charge in [-0.3, -0.25) is 4.79 Å². The topological polar surface area (TPSA) is 73.2 Å². The predicted molar refractivity (Wildman–Crippen MR) is 51.8 cm³/mol. The first-order chi connectivity index (χ1) is 7.13. The first-order valence-corrected chi connectivity index (χ1v) is 4.48. The minimum atomic E-state index is -0.882. The van der Waals surface area contributed by atoms with Crippen molar-refractivity contribution in [1.82, 2.24) is 14.9 Å². The molecule has 1 aromatic rings. The summed E-state index contributed by atoms with van der Waals surface area (Å²) in [4.78, 5) is 25.8. The Bertz CT molecular complexity index is 334. The van der Waals surface area contributed by atoms with Crippen LogP contribution in [0, 0.1) is 0 Å². The number of imidazole rings is 1. The minimum absolute atomic E-state index is 0.161. The van der Waals surface area contributed by atoms with E-state index in [1.165, 1.54) is 7.11 Å². The van der Waals surface area contributed by atoms with Crippen molar-refractivity contribution >= 4 is 11.9 Å². The van der Waals surface area contributed by atoms with Crippen molar-refractivity contribution in [3.8, 4) is 0 Å². The Balaban J connectivity index is 2.39. The van der Waals surface area contributed by atoms with Crippen LogP contribution in [0.15, 0.2) is 18.7 Å². The van der Waals surface area contributed by atoms with Gasteiger partial charge in [0.25, 0.3) is 0 Å². The van der Waals surface area contributed by atoms with Crippen LogP contribution in [0.4, 0.5) is 0 Å². The van der Waals surface area contributed by atoms with Crippen LogP contribution in [0.5, 0.6) is 0 Å². The molecule has 1 unspecified atom stereocenters. The fourth-order valence-corrected chi connectivity index (χ4v) is 1.13. The molecule has 1 aromatic heterocycles. The minimum Gasteiger partial charge on any atom is -0.462 e. The number of carbonyl (C=O) groups is 2. The van der Waals surface area contributed by atoms with Crippen LogP contribution in [0.25, 0.3) is 0 Å².